The second-order valence-electron chi connectivity index (χ2n) is 5.33. The van der Waals surface area contributed by atoms with Crippen molar-refractivity contribution in [2.24, 2.45) is 0 Å². The van der Waals surface area contributed by atoms with Gasteiger partial charge in [0.05, 0.1) is 11.8 Å². The average molecular weight is 308 g/mol. The van der Waals surface area contributed by atoms with E-state index >= 15 is 0 Å². The van der Waals surface area contributed by atoms with E-state index < -0.39 is 10.1 Å². The summed E-state index contributed by atoms with van der Waals surface area (Å²) in [6.07, 6.45) is 2.94. The minimum Gasteiger partial charge on any atom is -0.381 e. The third-order valence-electron chi connectivity index (χ3n) is 3.89. The van der Waals surface area contributed by atoms with E-state index in [2.05, 4.69) is 17.9 Å². The van der Waals surface area contributed by atoms with Gasteiger partial charge in [-0.2, -0.15) is 13.7 Å². The smallest absolute Gasteiger partial charge is 0.306 e. The van der Waals surface area contributed by atoms with Gasteiger partial charge in [-0.15, -0.1) is 0 Å². The van der Waals surface area contributed by atoms with E-state index in [0.29, 0.717) is 5.56 Å². The predicted molar refractivity (Wildman–Crippen MR) is 80.7 cm³/mol. The van der Waals surface area contributed by atoms with Crippen LogP contribution in [0, 0.1) is 11.3 Å². The van der Waals surface area contributed by atoms with E-state index in [9.17, 15) is 13.7 Å². The maximum absolute atomic E-state index is 11.3. The molecule has 1 aromatic carbocycles. The highest BCUT2D eigenvalue weighted by Gasteiger charge is 2.24. The topological polar surface area (TPSA) is 70.4 Å². The maximum atomic E-state index is 11.3. The molecule has 21 heavy (non-hydrogen) atoms. The summed E-state index contributed by atoms with van der Waals surface area (Å²) in [5.41, 5.74) is 1.24. The Kier molecular flexibility index (Phi) is 4.86. The van der Waals surface area contributed by atoms with Crippen LogP contribution in [0.3, 0.4) is 0 Å². The first kappa shape index (κ1) is 15.8. The molecule has 1 saturated heterocycles. The Labute approximate surface area is 126 Å². The molecule has 0 aromatic heterocycles. The van der Waals surface area contributed by atoms with E-state index in [-0.39, 0.29) is 11.7 Å². The molecule has 0 N–H and O–H groups in total. The molecule has 1 aliphatic rings. The molecule has 2 rings (SSSR count). The number of benzene rings is 1. The van der Waals surface area contributed by atoms with Crippen molar-refractivity contribution >= 4 is 10.1 Å². The number of nitrogens with zero attached hydrogens (tertiary/aromatic N) is 2. The van der Waals surface area contributed by atoms with Gasteiger partial charge >= 0.3 is 10.1 Å². The summed E-state index contributed by atoms with van der Waals surface area (Å²) in [4.78, 5) is 2.37. The molecule has 0 unspecified atom stereocenters. The highest BCUT2D eigenvalue weighted by Crippen LogP contribution is 2.34. The molecular formula is C15H20N2O3S. The highest BCUT2D eigenvalue weighted by molar-refractivity contribution is 7.86. The predicted octanol–water partition coefficient (Wildman–Crippen LogP) is 2.10. The van der Waals surface area contributed by atoms with Crippen molar-refractivity contribution in [1.82, 2.24) is 4.90 Å². The van der Waals surface area contributed by atoms with Gasteiger partial charge in [0.2, 0.25) is 0 Å². The van der Waals surface area contributed by atoms with Crippen LogP contribution in [0.4, 0.5) is 0 Å². The Morgan fingerprint density at radius 3 is 2.57 bits per heavy atom. The summed E-state index contributed by atoms with van der Waals surface area (Å²) < 4.78 is 27.5. The molecule has 0 amide bonds. The van der Waals surface area contributed by atoms with Crippen molar-refractivity contribution in [2.75, 3.05) is 25.9 Å². The van der Waals surface area contributed by atoms with Gasteiger partial charge in [0.25, 0.3) is 0 Å². The van der Waals surface area contributed by atoms with Crippen molar-refractivity contribution in [2.45, 2.75) is 25.7 Å². The zero-order chi connectivity index (χ0) is 15.5. The molecule has 0 spiro atoms. The molecule has 0 saturated carbocycles. The number of likely N-dealkylation sites (tertiary alicyclic amines) is 1. The van der Waals surface area contributed by atoms with E-state index in [1.807, 2.05) is 6.07 Å². The summed E-state index contributed by atoms with van der Waals surface area (Å²) in [7, 11) is -3.63. The van der Waals surface area contributed by atoms with Crippen LogP contribution in [0.2, 0.25) is 0 Å². The van der Waals surface area contributed by atoms with Crippen molar-refractivity contribution in [1.29, 1.82) is 5.26 Å². The van der Waals surface area contributed by atoms with Gasteiger partial charge in [-0.05, 0) is 50.0 Å². The van der Waals surface area contributed by atoms with E-state index in [0.717, 1.165) is 44.3 Å². The molecule has 0 atom stereocenters. The molecule has 6 heteroatoms. The summed E-state index contributed by atoms with van der Waals surface area (Å²) >= 11 is 0. The van der Waals surface area contributed by atoms with Gasteiger partial charge in [0, 0.05) is 0 Å². The molecule has 0 aliphatic carbocycles. The summed E-state index contributed by atoms with van der Waals surface area (Å²) in [5.74, 6) is 0.418. The number of hydrogen-bond acceptors (Lipinski definition) is 5. The first-order valence-electron chi connectivity index (χ1n) is 7.09. The lowest BCUT2D eigenvalue weighted by Gasteiger charge is -2.31. The van der Waals surface area contributed by atoms with Crippen molar-refractivity contribution in [3.63, 3.8) is 0 Å². The first-order chi connectivity index (χ1) is 9.94. The standard InChI is InChI=1S/C15H20N2O3S/c1-3-17-9-7-12(8-10-17)13-5-4-6-15(14(13)11-16)20-21(2,18)19/h4-6,12H,3,7-10H2,1-2H3. The number of piperidine rings is 1. The summed E-state index contributed by atoms with van der Waals surface area (Å²) in [5, 5.41) is 9.39. The van der Waals surface area contributed by atoms with Crippen molar-refractivity contribution < 1.29 is 12.6 Å². The Balaban J connectivity index is 2.29. The van der Waals surface area contributed by atoms with Crippen LogP contribution in [0.15, 0.2) is 18.2 Å². The minimum absolute atomic E-state index is 0.135. The molecule has 5 nitrogen and oxygen atoms in total. The van der Waals surface area contributed by atoms with Gasteiger partial charge in [-0.3, -0.25) is 0 Å². The Morgan fingerprint density at radius 2 is 2.05 bits per heavy atom. The minimum atomic E-state index is -3.63. The van der Waals surface area contributed by atoms with Gasteiger partial charge in [0.15, 0.2) is 5.75 Å². The molecule has 0 bridgehead atoms. The van der Waals surface area contributed by atoms with E-state index in [1.54, 1.807) is 6.07 Å². The van der Waals surface area contributed by atoms with Gasteiger partial charge in [-0.1, -0.05) is 19.1 Å². The number of hydrogen-bond donors (Lipinski definition) is 0. The Morgan fingerprint density at radius 1 is 1.38 bits per heavy atom. The van der Waals surface area contributed by atoms with Crippen LogP contribution < -0.4 is 4.18 Å². The quantitative estimate of drug-likeness (QED) is 0.797. The molecule has 0 radical (unpaired) electrons. The normalized spacial score (nSPS) is 17.4. The van der Waals surface area contributed by atoms with E-state index in [4.69, 9.17) is 4.18 Å². The van der Waals surface area contributed by atoms with Crippen molar-refractivity contribution in [3.05, 3.63) is 29.3 Å². The van der Waals surface area contributed by atoms with Crippen molar-refractivity contribution in [3.8, 4) is 11.8 Å². The van der Waals surface area contributed by atoms with Gasteiger partial charge < -0.3 is 9.08 Å². The fraction of sp³-hybridized carbons (Fsp3) is 0.533. The summed E-state index contributed by atoms with van der Waals surface area (Å²) in [6.45, 7) is 5.18. The zero-order valence-electron chi connectivity index (χ0n) is 12.4. The van der Waals surface area contributed by atoms with Crippen LogP contribution in [0.5, 0.6) is 5.75 Å². The second-order valence-corrected chi connectivity index (χ2v) is 6.90. The lowest BCUT2D eigenvalue weighted by Crippen LogP contribution is -2.32. The van der Waals surface area contributed by atoms with Gasteiger partial charge in [0.1, 0.15) is 6.07 Å². The van der Waals surface area contributed by atoms with Gasteiger partial charge in [-0.25, -0.2) is 0 Å². The van der Waals surface area contributed by atoms with Crippen LogP contribution in [-0.4, -0.2) is 39.2 Å². The number of nitriles is 1. The van der Waals surface area contributed by atoms with Crippen LogP contribution >= 0.6 is 0 Å². The van der Waals surface area contributed by atoms with Crippen LogP contribution in [0.25, 0.3) is 0 Å². The lowest BCUT2D eigenvalue weighted by atomic mass is 9.86. The summed E-state index contributed by atoms with van der Waals surface area (Å²) in [6, 6.07) is 7.29. The van der Waals surface area contributed by atoms with E-state index in [1.165, 1.54) is 6.07 Å². The monoisotopic (exact) mass is 308 g/mol. The Hall–Kier alpha value is -1.58. The highest BCUT2D eigenvalue weighted by atomic mass is 32.2. The lowest BCUT2D eigenvalue weighted by molar-refractivity contribution is 0.222. The third-order valence-corrected chi connectivity index (χ3v) is 4.37. The maximum Gasteiger partial charge on any atom is 0.306 e. The largest absolute Gasteiger partial charge is 0.381 e. The molecule has 114 valence electrons. The van der Waals surface area contributed by atoms with Crippen LogP contribution in [0.1, 0.15) is 36.8 Å². The van der Waals surface area contributed by atoms with Crippen LogP contribution in [-0.2, 0) is 10.1 Å². The third kappa shape index (κ3) is 3.96. The molecular weight excluding hydrogens is 288 g/mol. The molecule has 1 aliphatic heterocycles. The fourth-order valence-corrected chi connectivity index (χ4v) is 3.27. The molecule has 1 fully saturated rings. The fourth-order valence-electron chi connectivity index (χ4n) is 2.80. The average Bonchev–Trinajstić information content (AvgIpc) is 2.45. The molecule has 1 heterocycles. The Bertz CT molecular complexity index is 641. The second kappa shape index (κ2) is 6.46. The SMILES string of the molecule is CCN1CCC(c2cccc(OS(C)(=O)=O)c2C#N)CC1. The zero-order valence-corrected chi connectivity index (χ0v) is 13.2. The molecule has 1 aromatic rings. The number of rotatable bonds is 4. The first-order valence-corrected chi connectivity index (χ1v) is 8.91.